The largest absolute Gasteiger partial charge is 0.328 e. The molecule has 2 aromatic heterocycles. The highest BCUT2D eigenvalue weighted by atomic mass is 32.1. The molecule has 1 fully saturated rings. The minimum atomic E-state index is 0.498. The number of fused-ring (bicyclic) bond motifs is 1. The number of nitrogens with one attached hydrogen (secondary N) is 1. The van der Waals surface area contributed by atoms with Crippen LogP contribution < -0.4 is 5.01 Å². The molecule has 1 aliphatic heterocycles. The van der Waals surface area contributed by atoms with Crippen LogP contribution in [0.2, 0.25) is 0 Å². The molecule has 0 amide bonds. The van der Waals surface area contributed by atoms with Crippen LogP contribution in [0.1, 0.15) is 38.7 Å². The van der Waals surface area contributed by atoms with E-state index in [0.29, 0.717) is 12.1 Å². The summed E-state index contributed by atoms with van der Waals surface area (Å²) in [5.41, 5.74) is 3.11. The van der Waals surface area contributed by atoms with Gasteiger partial charge in [0, 0.05) is 18.3 Å². The number of H-pyrrole nitrogens is 1. The lowest BCUT2D eigenvalue weighted by Gasteiger charge is -2.40. The summed E-state index contributed by atoms with van der Waals surface area (Å²) in [7, 11) is 0. The molecule has 3 heterocycles. The Morgan fingerprint density at radius 3 is 2.68 bits per heavy atom. The first-order valence-electron chi connectivity index (χ1n) is 6.94. The zero-order chi connectivity index (χ0) is 13.6. The van der Waals surface area contributed by atoms with Gasteiger partial charge >= 0.3 is 0 Å². The molecule has 2 unspecified atom stereocenters. The van der Waals surface area contributed by atoms with Crippen molar-refractivity contribution >= 4 is 23.4 Å². The van der Waals surface area contributed by atoms with Crippen molar-refractivity contribution in [2.75, 3.05) is 5.01 Å². The van der Waals surface area contributed by atoms with E-state index >= 15 is 0 Å². The summed E-state index contributed by atoms with van der Waals surface area (Å²) < 4.78 is 2.84. The number of hydrogen-bond acceptors (Lipinski definition) is 3. The summed E-state index contributed by atoms with van der Waals surface area (Å²) in [6.45, 7) is 6.59. The summed E-state index contributed by atoms with van der Waals surface area (Å²) in [6, 6.07) is 3.10. The summed E-state index contributed by atoms with van der Waals surface area (Å²) in [6.07, 6.45) is 5.62. The average molecular weight is 276 g/mol. The third-order valence-electron chi connectivity index (χ3n) is 4.02. The molecule has 5 heteroatoms. The van der Waals surface area contributed by atoms with Gasteiger partial charge in [-0.3, -0.25) is 0 Å². The maximum atomic E-state index is 5.51. The molecule has 4 nitrogen and oxygen atoms in total. The van der Waals surface area contributed by atoms with Gasteiger partial charge in [0.1, 0.15) is 0 Å². The van der Waals surface area contributed by atoms with Crippen LogP contribution in [-0.2, 0) is 0 Å². The van der Waals surface area contributed by atoms with Gasteiger partial charge in [-0.05, 0) is 63.9 Å². The SMILES string of the molecule is Cc1cnc2c(c1)[nH]c(=S)n2N1C(C)CCCC1C. The third kappa shape index (κ3) is 2.06. The summed E-state index contributed by atoms with van der Waals surface area (Å²) >= 11 is 5.51. The molecule has 1 aliphatic rings. The van der Waals surface area contributed by atoms with Crippen molar-refractivity contribution in [3.05, 3.63) is 22.6 Å². The lowest BCUT2D eigenvalue weighted by atomic mass is 10.00. The fourth-order valence-electron chi connectivity index (χ4n) is 3.10. The van der Waals surface area contributed by atoms with Crippen LogP contribution in [0.15, 0.2) is 12.3 Å². The van der Waals surface area contributed by atoms with Gasteiger partial charge in [-0.15, -0.1) is 0 Å². The van der Waals surface area contributed by atoms with Crippen molar-refractivity contribution in [3.63, 3.8) is 0 Å². The Bertz CT molecular complexity index is 647. The average Bonchev–Trinajstić information content (AvgIpc) is 2.65. The van der Waals surface area contributed by atoms with Gasteiger partial charge < -0.3 is 9.99 Å². The molecule has 3 rings (SSSR count). The Morgan fingerprint density at radius 2 is 2.00 bits per heavy atom. The van der Waals surface area contributed by atoms with Crippen molar-refractivity contribution in [2.24, 2.45) is 0 Å². The number of pyridine rings is 1. The Balaban J connectivity index is 2.18. The van der Waals surface area contributed by atoms with Crippen molar-refractivity contribution in [1.29, 1.82) is 0 Å². The van der Waals surface area contributed by atoms with Gasteiger partial charge in [0.15, 0.2) is 10.4 Å². The van der Waals surface area contributed by atoms with Crippen LogP contribution in [0.3, 0.4) is 0 Å². The summed E-state index contributed by atoms with van der Waals surface area (Å²) in [4.78, 5) is 7.85. The van der Waals surface area contributed by atoms with E-state index in [4.69, 9.17) is 12.2 Å². The van der Waals surface area contributed by atoms with Crippen molar-refractivity contribution < 1.29 is 0 Å². The fraction of sp³-hybridized carbons (Fsp3) is 0.571. The molecule has 0 saturated carbocycles. The second kappa shape index (κ2) is 4.63. The number of nitrogens with zero attached hydrogens (tertiary/aromatic N) is 3. The lowest BCUT2D eigenvalue weighted by Crippen LogP contribution is -2.51. The van der Waals surface area contributed by atoms with Gasteiger partial charge in [0.2, 0.25) is 0 Å². The highest BCUT2D eigenvalue weighted by molar-refractivity contribution is 7.71. The number of imidazole rings is 1. The minimum absolute atomic E-state index is 0.498. The smallest absolute Gasteiger partial charge is 0.198 e. The number of piperidine rings is 1. The number of aromatic nitrogens is 3. The van der Waals surface area contributed by atoms with Gasteiger partial charge in [0.05, 0.1) is 5.52 Å². The zero-order valence-electron chi connectivity index (χ0n) is 11.7. The molecule has 1 saturated heterocycles. The predicted octanol–water partition coefficient (Wildman–Crippen LogP) is 3.30. The second-order valence-corrected chi connectivity index (χ2v) is 6.02. The first kappa shape index (κ1) is 12.7. The van der Waals surface area contributed by atoms with E-state index in [0.717, 1.165) is 21.5 Å². The van der Waals surface area contributed by atoms with Crippen LogP contribution in [0.25, 0.3) is 11.2 Å². The Morgan fingerprint density at radius 1 is 1.32 bits per heavy atom. The third-order valence-corrected chi connectivity index (χ3v) is 4.29. The van der Waals surface area contributed by atoms with Crippen LogP contribution in [0.5, 0.6) is 0 Å². The van der Waals surface area contributed by atoms with Crippen molar-refractivity contribution in [3.8, 4) is 0 Å². The Labute approximate surface area is 118 Å². The normalized spacial score (nSPS) is 24.1. The number of rotatable bonds is 1. The van der Waals surface area contributed by atoms with E-state index < -0.39 is 0 Å². The van der Waals surface area contributed by atoms with Gasteiger partial charge in [-0.25, -0.2) is 9.66 Å². The van der Waals surface area contributed by atoms with Crippen LogP contribution in [0.4, 0.5) is 0 Å². The van der Waals surface area contributed by atoms with E-state index in [9.17, 15) is 0 Å². The van der Waals surface area contributed by atoms with Gasteiger partial charge in [0.25, 0.3) is 0 Å². The lowest BCUT2D eigenvalue weighted by molar-refractivity contribution is 0.338. The quantitative estimate of drug-likeness (QED) is 0.812. The molecular weight excluding hydrogens is 256 g/mol. The molecule has 102 valence electrons. The first-order chi connectivity index (χ1) is 9.08. The van der Waals surface area contributed by atoms with E-state index in [1.54, 1.807) is 0 Å². The number of aromatic amines is 1. The van der Waals surface area contributed by atoms with Crippen molar-refractivity contribution in [1.82, 2.24) is 14.6 Å². The number of hydrogen-bond donors (Lipinski definition) is 1. The standard InChI is InChI=1S/C14H20N4S/c1-9-7-12-13(15-8-9)18(14(19)16-12)17-10(2)5-4-6-11(17)3/h7-8,10-11H,4-6H2,1-3H3,(H,16,19). The van der Waals surface area contributed by atoms with Gasteiger partial charge in [-0.2, -0.15) is 0 Å². The van der Waals surface area contributed by atoms with E-state index in [2.05, 4.69) is 39.6 Å². The number of aryl methyl sites for hydroxylation is 1. The molecule has 19 heavy (non-hydrogen) atoms. The molecule has 0 aliphatic carbocycles. The van der Waals surface area contributed by atoms with Crippen LogP contribution >= 0.6 is 12.2 Å². The Kier molecular flexibility index (Phi) is 3.09. The molecular formula is C14H20N4S. The zero-order valence-corrected chi connectivity index (χ0v) is 12.5. The summed E-state index contributed by atoms with van der Waals surface area (Å²) in [5.74, 6) is 0. The topological polar surface area (TPSA) is 36.9 Å². The van der Waals surface area contributed by atoms with E-state index in [1.165, 1.54) is 19.3 Å². The van der Waals surface area contributed by atoms with Crippen LogP contribution in [-0.4, -0.2) is 26.7 Å². The molecule has 0 spiro atoms. The molecule has 0 radical (unpaired) electrons. The fourth-order valence-corrected chi connectivity index (χ4v) is 3.39. The first-order valence-corrected chi connectivity index (χ1v) is 7.35. The predicted molar refractivity (Wildman–Crippen MR) is 80.6 cm³/mol. The monoisotopic (exact) mass is 276 g/mol. The highest BCUT2D eigenvalue weighted by Gasteiger charge is 2.27. The van der Waals surface area contributed by atoms with E-state index in [1.807, 2.05) is 13.1 Å². The summed E-state index contributed by atoms with van der Waals surface area (Å²) in [5, 5.41) is 2.38. The second-order valence-electron chi connectivity index (χ2n) is 5.63. The maximum Gasteiger partial charge on any atom is 0.198 e. The van der Waals surface area contributed by atoms with Gasteiger partial charge in [-0.1, -0.05) is 0 Å². The minimum Gasteiger partial charge on any atom is -0.328 e. The van der Waals surface area contributed by atoms with Crippen molar-refractivity contribution in [2.45, 2.75) is 52.1 Å². The molecule has 2 aromatic rings. The van der Waals surface area contributed by atoms with E-state index in [-0.39, 0.29) is 0 Å². The Hall–Kier alpha value is -1.36. The molecule has 1 N–H and O–H groups in total. The highest BCUT2D eigenvalue weighted by Crippen LogP contribution is 2.24. The maximum absolute atomic E-state index is 5.51. The molecule has 2 atom stereocenters. The molecule has 0 bridgehead atoms. The van der Waals surface area contributed by atoms with Crippen LogP contribution in [0, 0.1) is 11.7 Å². The molecule has 0 aromatic carbocycles.